The van der Waals surface area contributed by atoms with Crippen molar-refractivity contribution >= 4 is 39.1 Å². The molecule has 0 heterocycles. The molecule has 3 rings (SSSR count). The fourth-order valence-corrected chi connectivity index (χ4v) is 5.65. The lowest BCUT2D eigenvalue weighted by Crippen LogP contribution is -2.51. The minimum atomic E-state index is -4.19. The number of rotatable bonds is 11. The standard InChI is InChI=1S/C28H31ClFN3O4S/c1-4-16-31-28(35)21(3)32(18-22-10-8-9-13-25(22)30)27(34)19-33(26-15-14-23(29)17-20(26)2)38(36,37)24-11-6-5-7-12-24/h5-15,17,21H,4,16,18-19H2,1-3H3,(H,31,35)/t21-/m0/s1. The Balaban J connectivity index is 2.05. The summed E-state index contributed by atoms with van der Waals surface area (Å²) < 4.78 is 43.1. The van der Waals surface area contributed by atoms with E-state index in [1.54, 1.807) is 43.3 Å². The number of halogens is 2. The van der Waals surface area contributed by atoms with Crippen LogP contribution in [0.5, 0.6) is 0 Å². The van der Waals surface area contributed by atoms with Crippen molar-refractivity contribution in [3.05, 3.63) is 94.8 Å². The van der Waals surface area contributed by atoms with E-state index < -0.39 is 40.2 Å². The zero-order chi connectivity index (χ0) is 27.9. The van der Waals surface area contributed by atoms with Crippen LogP contribution in [0.25, 0.3) is 0 Å². The van der Waals surface area contributed by atoms with Gasteiger partial charge < -0.3 is 10.2 Å². The predicted octanol–water partition coefficient (Wildman–Crippen LogP) is 4.93. The highest BCUT2D eigenvalue weighted by molar-refractivity contribution is 7.92. The summed E-state index contributed by atoms with van der Waals surface area (Å²) in [6.45, 7) is 4.70. The van der Waals surface area contributed by atoms with Gasteiger partial charge in [-0.2, -0.15) is 0 Å². The van der Waals surface area contributed by atoms with E-state index in [0.29, 0.717) is 23.6 Å². The number of carbonyl (C=O) groups is 2. The van der Waals surface area contributed by atoms with Crippen molar-refractivity contribution in [1.29, 1.82) is 0 Å². The molecule has 0 aliphatic rings. The summed E-state index contributed by atoms with van der Waals surface area (Å²) >= 11 is 6.11. The second-order valence-electron chi connectivity index (χ2n) is 8.84. The Hall–Kier alpha value is -3.43. The molecule has 0 fully saturated rings. The topological polar surface area (TPSA) is 86.8 Å². The summed E-state index contributed by atoms with van der Waals surface area (Å²) in [5, 5.41) is 3.17. The maximum Gasteiger partial charge on any atom is 0.264 e. The summed E-state index contributed by atoms with van der Waals surface area (Å²) in [6, 6.07) is 17.4. The van der Waals surface area contributed by atoms with Crippen LogP contribution in [0.3, 0.4) is 0 Å². The monoisotopic (exact) mass is 559 g/mol. The maximum atomic E-state index is 14.6. The summed E-state index contributed by atoms with van der Waals surface area (Å²) in [4.78, 5) is 27.8. The van der Waals surface area contributed by atoms with E-state index in [9.17, 15) is 22.4 Å². The lowest BCUT2D eigenvalue weighted by molar-refractivity contribution is -0.139. The lowest BCUT2D eigenvalue weighted by atomic mass is 10.1. The summed E-state index contributed by atoms with van der Waals surface area (Å²) in [5.41, 5.74) is 1.01. The third-order valence-electron chi connectivity index (χ3n) is 6.05. The molecule has 1 N–H and O–H groups in total. The van der Waals surface area contributed by atoms with Crippen LogP contribution in [0, 0.1) is 12.7 Å². The normalized spacial score (nSPS) is 12.0. The molecule has 0 spiro atoms. The van der Waals surface area contributed by atoms with Crippen LogP contribution in [-0.4, -0.2) is 44.3 Å². The number of sulfonamides is 1. The predicted molar refractivity (Wildman–Crippen MR) is 147 cm³/mol. The largest absolute Gasteiger partial charge is 0.354 e. The molecule has 0 bridgehead atoms. The molecule has 38 heavy (non-hydrogen) atoms. The number of carbonyl (C=O) groups excluding carboxylic acids is 2. The van der Waals surface area contributed by atoms with E-state index in [1.165, 1.54) is 48.2 Å². The molecule has 0 aliphatic carbocycles. The van der Waals surface area contributed by atoms with Crippen molar-refractivity contribution < 1.29 is 22.4 Å². The second-order valence-corrected chi connectivity index (χ2v) is 11.1. The molecular weight excluding hydrogens is 529 g/mol. The van der Waals surface area contributed by atoms with E-state index in [4.69, 9.17) is 11.6 Å². The van der Waals surface area contributed by atoms with Gasteiger partial charge in [-0.05, 0) is 62.2 Å². The Bertz CT molecular complexity index is 1390. The van der Waals surface area contributed by atoms with Gasteiger partial charge in [0.1, 0.15) is 18.4 Å². The summed E-state index contributed by atoms with van der Waals surface area (Å²) in [6.07, 6.45) is 0.693. The molecule has 10 heteroatoms. The van der Waals surface area contributed by atoms with Gasteiger partial charge in [-0.15, -0.1) is 0 Å². The first-order valence-electron chi connectivity index (χ1n) is 12.2. The van der Waals surface area contributed by atoms with Gasteiger partial charge in [-0.3, -0.25) is 13.9 Å². The average Bonchev–Trinajstić information content (AvgIpc) is 2.90. The Morgan fingerprint density at radius 2 is 1.68 bits per heavy atom. The van der Waals surface area contributed by atoms with E-state index in [-0.39, 0.29) is 22.7 Å². The number of hydrogen-bond donors (Lipinski definition) is 1. The first-order valence-corrected chi connectivity index (χ1v) is 14.0. The van der Waals surface area contributed by atoms with Crippen molar-refractivity contribution in [3.8, 4) is 0 Å². The fourth-order valence-electron chi connectivity index (χ4n) is 3.92. The zero-order valence-electron chi connectivity index (χ0n) is 21.5. The summed E-state index contributed by atoms with van der Waals surface area (Å²) in [7, 11) is -4.19. The fraction of sp³-hybridized carbons (Fsp3) is 0.286. The zero-order valence-corrected chi connectivity index (χ0v) is 23.1. The van der Waals surface area contributed by atoms with Crippen LogP contribution in [0.4, 0.5) is 10.1 Å². The minimum absolute atomic E-state index is 0.00320. The van der Waals surface area contributed by atoms with Gasteiger partial charge in [-0.1, -0.05) is 54.9 Å². The van der Waals surface area contributed by atoms with E-state index >= 15 is 0 Å². The molecular formula is C28H31ClFN3O4S. The molecule has 202 valence electrons. The number of anilines is 1. The van der Waals surface area contributed by atoms with E-state index in [2.05, 4.69) is 5.32 Å². The quantitative estimate of drug-likeness (QED) is 0.361. The Morgan fingerprint density at radius 3 is 2.32 bits per heavy atom. The van der Waals surface area contributed by atoms with E-state index in [0.717, 1.165) is 4.31 Å². The highest BCUT2D eigenvalue weighted by Gasteiger charge is 2.33. The molecule has 0 saturated heterocycles. The molecule has 0 saturated carbocycles. The lowest BCUT2D eigenvalue weighted by Gasteiger charge is -2.32. The van der Waals surface area contributed by atoms with Crippen LogP contribution < -0.4 is 9.62 Å². The van der Waals surface area contributed by atoms with E-state index in [1.807, 2.05) is 6.92 Å². The number of aryl methyl sites for hydroxylation is 1. The number of benzene rings is 3. The van der Waals surface area contributed by atoms with Crippen LogP contribution in [-0.2, 0) is 26.2 Å². The smallest absolute Gasteiger partial charge is 0.264 e. The molecule has 1 atom stereocenters. The molecule has 3 aromatic carbocycles. The molecule has 2 amide bonds. The van der Waals surface area contributed by atoms with Crippen molar-refractivity contribution in [2.24, 2.45) is 0 Å². The number of nitrogens with one attached hydrogen (secondary N) is 1. The average molecular weight is 560 g/mol. The first-order chi connectivity index (χ1) is 18.1. The molecule has 7 nitrogen and oxygen atoms in total. The third-order valence-corrected chi connectivity index (χ3v) is 8.06. The first kappa shape index (κ1) is 29.1. The van der Waals surface area contributed by atoms with Crippen LogP contribution >= 0.6 is 11.6 Å². The van der Waals surface area contributed by atoms with Crippen molar-refractivity contribution in [3.63, 3.8) is 0 Å². The highest BCUT2D eigenvalue weighted by atomic mass is 35.5. The van der Waals surface area contributed by atoms with Gasteiger partial charge in [0.2, 0.25) is 11.8 Å². The highest BCUT2D eigenvalue weighted by Crippen LogP contribution is 2.29. The molecule has 3 aromatic rings. The maximum absolute atomic E-state index is 14.6. The molecule has 0 aromatic heterocycles. The SMILES string of the molecule is CCCNC(=O)[C@H](C)N(Cc1ccccc1F)C(=O)CN(c1ccc(Cl)cc1C)S(=O)(=O)c1ccccc1. The van der Waals surface area contributed by atoms with Crippen molar-refractivity contribution in [1.82, 2.24) is 10.2 Å². The number of hydrogen-bond acceptors (Lipinski definition) is 4. The van der Waals surface area contributed by atoms with Gasteiger partial charge in [0.15, 0.2) is 0 Å². The molecule has 0 unspecified atom stereocenters. The van der Waals surface area contributed by atoms with Crippen LogP contribution in [0.15, 0.2) is 77.7 Å². The Morgan fingerprint density at radius 1 is 1.03 bits per heavy atom. The van der Waals surface area contributed by atoms with Crippen molar-refractivity contribution in [2.75, 3.05) is 17.4 Å². The number of amides is 2. The Labute approximate surface area is 228 Å². The van der Waals surface area contributed by atoms with Gasteiger partial charge in [0, 0.05) is 23.7 Å². The number of nitrogens with zero attached hydrogens (tertiary/aromatic N) is 2. The van der Waals surface area contributed by atoms with Crippen LogP contribution in [0.2, 0.25) is 5.02 Å². The minimum Gasteiger partial charge on any atom is -0.354 e. The van der Waals surface area contributed by atoms with Gasteiger partial charge in [0.25, 0.3) is 10.0 Å². The Kier molecular flexibility index (Phi) is 9.88. The third kappa shape index (κ3) is 6.90. The van der Waals surface area contributed by atoms with Crippen molar-refractivity contribution in [2.45, 2.75) is 44.7 Å². The van der Waals surface area contributed by atoms with Gasteiger partial charge in [0.05, 0.1) is 10.6 Å². The second kappa shape index (κ2) is 12.9. The summed E-state index contributed by atoms with van der Waals surface area (Å²) in [5.74, 6) is -1.62. The van der Waals surface area contributed by atoms with Gasteiger partial charge in [-0.25, -0.2) is 12.8 Å². The van der Waals surface area contributed by atoms with Gasteiger partial charge >= 0.3 is 0 Å². The molecule has 0 aliphatic heterocycles. The molecule has 0 radical (unpaired) electrons. The van der Waals surface area contributed by atoms with Crippen LogP contribution in [0.1, 0.15) is 31.4 Å².